The Kier molecular flexibility index (Phi) is 4.92. The number of nitrogens with zero attached hydrogens (tertiary/aromatic N) is 4. The fourth-order valence-corrected chi connectivity index (χ4v) is 2.75. The van der Waals surface area contributed by atoms with Crippen LogP contribution in [0.4, 0.5) is 28.7 Å². The molecule has 0 bridgehead atoms. The number of hydrogen-bond acceptors (Lipinski definition) is 8. The number of nitrogens with one attached hydrogen (secondary N) is 1. The topological polar surface area (TPSA) is 146 Å². The molecule has 148 valence electrons. The van der Waals surface area contributed by atoms with Gasteiger partial charge in [-0.3, -0.25) is 10.1 Å². The van der Waals surface area contributed by atoms with Crippen LogP contribution >= 0.6 is 0 Å². The molecule has 4 aromatic rings. The van der Waals surface area contributed by atoms with E-state index in [2.05, 4.69) is 20.3 Å². The van der Waals surface area contributed by atoms with E-state index in [0.717, 1.165) is 11.1 Å². The second-order valence-electron chi connectivity index (χ2n) is 6.48. The van der Waals surface area contributed by atoms with E-state index in [1.807, 2.05) is 24.3 Å². The molecule has 0 spiro atoms. The average Bonchev–Trinajstić information content (AvgIpc) is 2.75. The minimum absolute atomic E-state index is 0.00123. The van der Waals surface area contributed by atoms with Gasteiger partial charge in [-0.25, -0.2) is 4.98 Å². The molecule has 0 saturated heterocycles. The lowest BCUT2D eigenvalue weighted by Crippen LogP contribution is -2.03. The number of hydrogen-bond donors (Lipinski definition) is 3. The Bertz CT molecular complexity index is 1130. The Labute approximate surface area is 171 Å². The highest BCUT2D eigenvalue weighted by molar-refractivity contribution is 5.67. The molecule has 9 heteroatoms. The SMILES string of the molecule is Nc1ccc(-c2nc(Nc3ccc([N+](=O)[O-])cc3)nc(-c3ccc(N)cc3)n2)cc1. The van der Waals surface area contributed by atoms with Crippen molar-refractivity contribution in [1.29, 1.82) is 0 Å². The van der Waals surface area contributed by atoms with Crippen LogP contribution in [-0.4, -0.2) is 19.9 Å². The van der Waals surface area contributed by atoms with Gasteiger partial charge in [0, 0.05) is 40.3 Å². The van der Waals surface area contributed by atoms with E-state index in [0.29, 0.717) is 34.7 Å². The highest BCUT2D eigenvalue weighted by Crippen LogP contribution is 2.25. The van der Waals surface area contributed by atoms with E-state index in [1.54, 1.807) is 36.4 Å². The number of nitro groups is 1. The lowest BCUT2D eigenvalue weighted by Gasteiger charge is -2.10. The zero-order chi connectivity index (χ0) is 21.1. The largest absolute Gasteiger partial charge is 0.399 e. The number of nitrogen functional groups attached to an aromatic ring is 2. The van der Waals surface area contributed by atoms with Crippen molar-refractivity contribution in [3.8, 4) is 22.8 Å². The number of benzene rings is 3. The third-order valence-corrected chi connectivity index (χ3v) is 4.31. The summed E-state index contributed by atoms with van der Waals surface area (Å²) in [6.07, 6.45) is 0. The number of aromatic nitrogens is 3. The first-order valence-electron chi connectivity index (χ1n) is 8.97. The van der Waals surface area contributed by atoms with Crippen LogP contribution in [0.15, 0.2) is 72.8 Å². The minimum Gasteiger partial charge on any atom is -0.399 e. The molecule has 0 amide bonds. The second-order valence-corrected chi connectivity index (χ2v) is 6.48. The summed E-state index contributed by atoms with van der Waals surface area (Å²) in [6.45, 7) is 0. The zero-order valence-electron chi connectivity index (χ0n) is 15.7. The van der Waals surface area contributed by atoms with Crippen LogP contribution < -0.4 is 16.8 Å². The summed E-state index contributed by atoms with van der Waals surface area (Å²) in [6, 6.07) is 20.4. The van der Waals surface area contributed by atoms with Gasteiger partial charge in [-0.2, -0.15) is 9.97 Å². The van der Waals surface area contributed by atoms with Crippen LogP contribution in [-0.2, 0) is 0 Å². The summed E-state index contributed by atoms with van der Waals surface area (Å²) in [4.78, 5) is 24.0. The first-order valence-corrected chi connectivity index (χ1v) is 8.97. The molecule has 0 unspecified atom stereocenters. The van der Waals surface area contributed by atoms with Crippen LogP contribution in [0.3, 0.4) is 0 Å². The van der Waals surface area contributed by atoms with E-state index < -0.39 is 4.92 Å². The molecule has 0 saturated carbocycles. The molecule has 1 aromatic heterocycles. The van der Waals surface area contributed by atoms with Crippen molar-refractivity contribution in [1.82, 2.24) is 15.0 Å². The summed E-state index contributed by atoms with van der Waals surface area (Å²) < 4.78 is 0. The van der Waals surface area contributed by atoms with Crippen LogP contribution in [0.2, 0.25) is 0 Å². The van der Waals surface area contributed by atoms with E-state index >= 15 is 0 Å². The molecule has 9 nitrogen and oxygen atoms in total. The Morgan fingerprint density at radius 1 is 0.700 bits per heavy atom. The van der Waals surface area contributed by atoms with E-state index in [4.69, 9.17) is 11.5 Å². The zero-order valence-corrected chi connectivity index (χ0v) is 15.7. The van der Waals surface area contributed by atoms with Crippen molar-refractivity contribution in [3.63, 3.8) is 0 Å². The van der Waals surface area contributed by atoms with Crippen LogP contribution in [0.1, 0.15) is 0 Å². The molecule has 3 aromatic carbocycles. The summed E-state index contributed by atoms with van der Waals surface area (Å²) in [5, 5.41) is 13.9. The number of non-ortho nitro benzene ring substituents is 1. The Hall–Kier alpha value is -4.53. The van der Waals surface area contributed by atoms with Crippen molar-refractivity contribution < 1.29 is 4.92 Å². The lowest BCUT2D eigenvalue weighted by atomic mass is 10.1. The maximum Gasteiger partial charge on any atom is 0.269 e. The molecule has 5 N–H and O–H groups in total. The van der Waals surface area contributed by atoms with Crippen LogP contribution in [0.25, 0.3) is 22.8 Å². The lowest BCUT2D eigenvalue weighted by molar-refractivity contribution is -0.384. The van der Waals surface area contributed by atoms with Gasteiger partial charge < -0.3 is 16.8 Å². The summed E-state index contributed by atoms with van der Waals surface area (Å²) >= 11 is 0. The molecule has 0 atom stereocenters. The first-order chi connectivity index (χ1) is 14.5. The van der Waals surface area contributed by atoms with Crippen molar-refractivity contribution in [3.05, 3.63) is 82.9 Å². The van der Waals surface area contributed by atoms with Crippen molar-refractivity contribution in [2.24, 2.45) is 0 Å². The molecule has 0 fully saturated rings. The molecule has 0 aliphatic heterocycles. The van der Waals surface area contributed by atoms with Gasteiger partial charge in [-0.05, 0) is 60.7 Å². The quantitative estimate of drug-likeness (QED) is 0.259. The van der Waals surface area contributed by atoms with E-state index in [9.17, 15) is 10.1 Å². The Morgan fingerprint density at radius 3 is 1.60 bits per heavy atom. The molecule has 4 rings (SSSR count). The van der Waals surface area contributed by atoms with Gasteiger partial charge in [0.2, 0.25) is 5.95 Å². The molecule has 0 radical (unpaired) electrons. The predicted octanol–water partition coefficient (Wildman–Crippen LogP) is 4.02. The van der Waals surface area contributed by atoms with Crippen molar-refractivity contribution in [2.75, 3.05) is 16.8 Å². The van der Waals surface area contributed by atoms with E-state index in [-0.39, 0.29) is 5.69 Å². The highest BCUT2D eigenvalue weighted by atomic mass is 16.6. The number of nitrogens with two attached hydrogens (primary N) is 2. The smallest absolute Gasteiger partial charge is 0.269 e. The fourth-order valence-electron chi connectivity index (χ4n) is 2.75. The van der Waals surface area contributed by atoms with Crippen LogP contribution in [0, 0.1) is 10.1 Å². The third-order valence-electron chi connectivity index (χ3n) is 4.31. The van der Waals surface area contributed by atoms with Crippen molar-refractivity contribution >= 4 is 28.7 Å². The van der Waals surface area contributed by atoms with E-state index in [1.165, 1.54) is 12.1 Å². The average molecular weight is 399 g/mol. The molecule has 0 aliphatic carbocycles. The van der Waals surface area contributed by atoms with Gasteiger partial charge in [0.15, 0.2) is 11.6 Å². The Morgan fingerprint density at radius 2 is 1.17 bits per heavy atom. The number of rotatable bonds is 5. The first kappa shape index (κ1) is 18.8. The summed E-state index contributed by atoms with van der Waals surface area (Å²) in [5.74, 6) is 1.22. The normalized spacial score (nSPS) is 10.5. The molecular formula is C21H17N7O2. The maximum atomic E-state index is 10.9. The van der Waals surface area contributed by atoms with Gasteiger partial charge in [0.25, 0.3) is 5.69 Å². The third kappa shape index (κ3) is 4.14. The van der Waals surface area contributed by atoms with Gasteiger partial charge in [0.05, 0.1) is 4.92 Å². The number of nitro benzene ring substituents is 1. The minimum atomic E-state index is -0.453. The van der Waals surface area contributed by atoms with Gasteiger partial charge in [0.1, 0.15) is 0 Å². The van der Waals surface area contributed by atoms with Gasteiger partial charge in [-0.1, -0.05) is 0 Å². The second kappa shape index (κ2) is 7.84. The Balaban J connectivity index is 1.75. The summed E-state index contributed by atoms with van der Waals surface area (Å²) in [7, 11) is 0. The highest BCUT2D eigenvalue weighted by Gasteiger charge is 2.12. The predicted molar refractivity (Wildman–Crippen MR) is 116 cm³/mol. The molecular weight excluding hydrogens is 382 g/mol. The number of anilines is 4. The van der Waals surface area contributed by atoms with Crippen molar-refractivity contribution in [2.45, 2.75) is 0 Å². The molecule has 30 heavy (non-hydrogen) atoms. The standard InChI is InChI=1S/C21H17N7O2/c22-15-5-1-13(2-6-15)19-25-20(14-3-7-16(23)8-4-14)27-21(26-19)24-17-9-11-18(12-10-17)28(29)30/h1-12H,22-23H2,(H,24,25,26,27). The van der Waals surface area contributed by atoms with Gasteiger partial charge >= 0.3 is 0 Å². The monoisotopic (exact) mass is 399 g/mol. The molecule has 0 aliphatic rings. The van der Waals surface area contributed by atoms with Crippen LogP contribution in [0.5, 0.6) is 0 Å². The fraction of sp³-hybridized carbons (Fsp3) is 0. The van der Waals surface area contributed by atoms with Gasteiger partial charge in [-0.15, -0.1) is 0 Å². The summed E-state index contributed by atoms with van der Waals surface area (Å²) in [5.41, 5.74) is 15.0. The molecule has 1 heterocycles. The maximum absolute atomic E-state index is 10.9.